The van der Waals surface area contributed by atoms with Gasteiger partial charge in [0.25, 0.3) is 5.91 Å². The van der Waals surface area contributed by atoms with Crippen LogP contribution < -0.4 is 5.32 Å². The van der Waals surface area contributed by atoms with Gasteiger partial charge in [-0.05, 0) is 42.8 Å². The molecule has 100 valence electrons. The molecule has 0 fully saturated rings. The first kappa shape index (κ1) is 12.9. The van der Waals surface area contributed by atoms with Crippen LogP contribution in [0.4, 0.5) is 5.69 Å². The fraction of sp³-hybridized carbons (Fsp3) is 0.0667. The van der Waals surface area contributed by atoms with Crippen LogP contribution in [-0.2, 0) is 0 Å². The van der Waals surface area contributed by atoms with Gasteiger partial charge in [-0.25, -0.2) is 4.98 Å². The number of carbonyl (C=O) groups is 1. The van der Waals surface area contributed by atoms with Crippen molar-refractivity contribution >= 4 is 38.6 Å². The molecule has 5 heteroatoms. The highest BCUT2D eigenvalue weighted by atomic mass is 79.9. The van der Waals surface area contributed by atoms with Crippen LogP contribution in [0, 0.1) is 6.92 Å². The zero-order valence-corrected chi connectivity index (χ0v) is 12.4. The molecule has 1 heterocycles. The molecule has 0 bridgehead atoms. The lowest BCUT2D eigenvalue weighted by molar-refractivity contribution is 0.102. The maximum Gasteiger partial charge on any atom is 0.255 e. The van der Waals surface area contributed by atoms with Gasteiger partial charge in [0.1, 0.15) is 0 Å². The highest BCUT2D eigenvalue weighted by Crippen LogP contribution is 2.21. The monoisotopic (exact) mass is 329 g/mol. The van der Waals surface area contributed by atoms with Crippen LogP contribution in [0.15, 0.2) is 47.2 Å². The Morgan fingerprint density at radius 2 is 2.10 bits per heavy atom. The fourth-order valence-electron chi connectivity index (χ4n) is 1.95. The number of aromatic nitrogens is 2. The van der Waals surface area contributed by atoms with Crippen LogP contribution >= 0.6 is 15.9 Å². The molecule has 2 N–H and O–H groups in total. The smallest absolute Gasteiger partial charge is 0.255 e. The van der Waals surface area contributed by atoms with E-state index in [0.29, 0.717) is 5.56 Å². The largest absolute Gasteiger partial charge is 0.345 e. The summed E-state index contributed by atoms with van der Waals surface area (Å²) in [6, 6.07) is 11.1. The average molecular weight is 330 g/mol. The fourth-order valence-corrected chi connectivity index (χ4v) is 2.33. The Labute approximate surface area is 124 Å². The SMILES string of the molecule is Cc1ccc(NC(=O)c2ccc3nc[nH]c3c2)cc1Br. The molecule has 3 rings (SSSR count). The summed E-state index contributed by atoms with van der Waals surface area (Å²) >= 11 is 3.45. The number of anilines is 1. The first-order chi connectivity index (χ1) is 9.63. The lowest BCUT2D eigenvalue weighted by atomic mass is 10.1. The van der Waals surface area contributed by atoms with E-state index >= 15 is 0 Å². The third-order valence-corrected chi connectivity index (χ3v) is 3.97. The zero-order valence-electron chi connectivity index (χ0n) is 10.8. The van der Waals surface area contributed by atoms with Crippen LogP contribution in [0.2, 0.25) is 0 Å². The third-order valence-electron chi connectivity index (χ3n) is 3.11. The van der Waals surface area contributed by atoms with E-state index in [0.717, 1.165) is 26.8 Å². The molecule has 0 saturated carbocycles. The number of fused-ring (bicyclic) bond motifs is 1. The van der Waals surface area contributed by atoms with Gasteiger partial charge in [0, 0.05) is 15.7 Å². The number of aryl methyl sites for hydroxylation is 1. The molecule has 1 amide bonds. The lowest BCUT2D eigenvalue weighted by Crippen LogP contribution is -2.11. The quantitative estimate of drug-likeness (QED) is 0.749. The highest BCUT2D eigenvalue weighted by molar-refractivity contribution is 9.10. The Balaban J connectivity index is 1.86. The van der Waals surface area contributed by atoms with E-state index in [-0.39, 0.29) is 5.91 Å². The molecule has 4 nitrogen and oxygen atoms in total. The molecule has 0 saturated heterocycles. The maximum atomic E-state index is 12.2. The standard InChI is InChI=1S/C15H12BrN3O/c1-9-2-4-11(7-12(9)16)19-15(20)10-3-5-13-14(6-10)18-8-17-13/h2-8H,1H3,(H,17,18)(H,19,20). The summed E-state index contributed by atoms with van der Waals surface area (Å²) in [4.78, 5) is 19.3. The Bertz CT molecular complexity index is 795. The van der Waals surface area contributed by atoms with Crippen molar-refractivity contribution in [2.24, 2.45) is 0 Å². The number of rotatable bonds is 2. The van der Waals surface area contributed by atoms with Gasteiger partial charge in [0.2, 0.25) is 0 Å². The minimum absolute atomic E-state index is 0.141. The number of imidazole rings is 1. The van der Waals surface area contributed by atoms with Gasteiger partial charge >= 0.3 is 0 Å². The van der Waals surface area contributed by atoms with Crippen molar-refractivity contribution in [2.75, 3.05) is 5.32 Å². The second-order valence-electron chi connectivity index (χ2n) is 4.55. The van der Waals surface area contributed by atoms with Gasteiger partial charge in [-0.1, -0.05) is 22.0 Å². The maximum absolute atomic E-state index is 12.2. The Morgan fingerprint density at radius 3 is 2.90 bits per heavy atom. The normalized spacial score (nSPS) is 10.7. The second kappa shape index (κ2) is 5.09. The number of nitrogens with zero attached hydrogens (tertiary/aromatic N) is 1. The highest BCUT2D eigenvalue weighted by Gasteiger charge is 2.08. The molecule has 20 heavy (non-hydrogen) atoms. The number of benzene rings is 2. The van der Waals surface area contributed by atoms with Gasteiger partial charge in [0.15, 0.2) is 0 Å². The van der Waals surface area contributed by atoms with E-state index in [9.17, 15) is 4.79 Å². The van der Waals surface area contributed by atoms with Crippen molar-refractivity contribution in [3.8, 4) is 0 Å². The first-order valence-corrected chi connectivity index (χ1v) is 6.93. The molecule has 3 aromatic rings. The number of nitrogens with one attached hydrogen (secondary N) is 2. The molecular weight excluding hydrogens is 318 g/mol. The third kappa shape index (κ3) is 2.44. The number of carbonyl (C=O) groups excluding carboxylic acids is 1. The second-order valence-corrected chi connectivity index (χ2v) is 5.41. The molecule has 0 spiro atoms. The molecule has 0 aliphatic heterocycles. The minimum Gasteiger partial charge on any atom is -0.345 e. The summed E-state index contributed by atoms with van der Waals surface area (Å²) in [5.41, 5.74) is 4.18. The van der Waals surface area contributed by atoms with Crippen molar-refractivity contribution in [1.82, 2.24) is 9.97 Å². The average Bonchev–Trinajstić information content (AvgIpc) is 2.90. The molecule has 2 aromatic carbocycles. The van der Waals surface area contributed by atoms with E-state index in [2.05, 4.69) is 31.2 Å². The minimum atomic E-state index is -0.141. The number of H-pyrrole nitrogens is 1. The number of amides is 1. The van der Waals surface area contributed by atoms with Crippen LogP contribution in [0.3, 0.4) is 0 Å². The van der Waals surface area contributed by atoms with Gasteiger partial charge in [-0.15, -0.1) is 0 Å². The zero-order chi connectivity index (χ0) is 14.1. The van der Waals surface area contributed by atoms with Gasteiger partial charge in [-0.3, -0.25) is 4.79 Å². The van der Waals surface area contributed by atoms with E-state index < -0.39 is 0 Å². The molecule has 0 unspecified atom stereocenters. The molecular formula is C15H12BrN3O. The topological polar surface area (TPSA) is 57.8 Å². The van der Waals surface area contributed by atoms with Crippen molar-refractivity contribution in [3.63, 3.8) is 0 Å². The summed E-state index contributed by atoms with van der Waals surface area (Å²) in [6.07, 6.45) is 1.61. The molecule has 0 aliphatic rings. The Hall–Kier alpha value is -2.14. The van der Waals surface area contributed by atoms with Crippen molar-refractivity contribution in [3.05, 3.63) is 58.3 Å². The van der Waals surface area contributed by atoms with Crippen molar-refractivity contribution < 1.29 is 4.79 Å². The van der Waals surface area contributed by atoms with Crippen molar-refractivity contribution in [2.45, 2.75) is 6.92 Å². The molecule has 0 atom stereocenters. The van der Waals surface area contributed by atoms with E-state index in [1.807, 2.05) is 31.2 Å². The van der Waals surface area contributed by atoms with E-state index in [1.165, 1.54) is 0 Å². The van der Waals surface area contributed by atoms with Gasteiger partial charge in [0.05, 0.1) is 17.4 Å². The van der Waals surface area contributed by atoms with Crippen LogP contribution in [0.5, 0.6) is 0 Å². The van der Waals surface area contributed by atoms with Crippen LogP contribution in [0.1, 0.15) is 15.9 Å². The summed E-state index contributed by atoms with van der Waals surface area (Å²) in [7, 11) is 0. The van der Waals surface area contributed by atoms with Gasteiger partial charge in [-0.2, -0.15) is 0 Å². The molecule has 0 radical (unpaired) electrons. The summed E-state index contributed by atoms with van der Waals surface area (Å²) in [5.74, 6) is -0.141. The Kier molecular flexibility index (Phi) is 3.28. The Morgan fingerprint density at radius 1 is 1.25 bits per heavy atom. The number of hydrogen-bond donors (Lipinski definition) is 2. The van der Waals surface area contributed by atoms with Crippen LogP contribution in [-0.4, -0.2) is 15.9 Å². The predicted molar refractivity (Wildman–Crippen MR) is 82.9 cm³/mol. The van der Waals surface area contributed by atoms with Crippen molar-refractivity contribution in [1.29, 1.82) is 0 Å². The summed E-state index contributed by atoms with van der Waals surface area (Å²) < 4.78 is 0.972. The molecule has 0 aliphatic carbocycles. The predicted octanol–water partition coefficient (Wildman–Crippen LogP) is 3.89. The lowest BCUT2D eigenvalue weighted by Gasteiger charge is -2.07. The summed E-state index contributed by atoms with van der Waals surface area (Å²) in [6.45, 7) is 2.00. The van der Waals surface area contributed by atoms with E-state index in [4.69, 9.17) is 0 Å². The number of aromatic amines is 1. The van der Waals surface area contributed by atoms with Gasteiger partial charge < -0.3 is 10.3 Å². The van der Waals surface area contributed by atoms with E-state index in [1.54, 1.807) is 18.5 Å². The first-order valence-electron chi connectivity index (χ1n) is 6.14. The van der Waals surface area contributed by atoms with Crippen LogP contribution in [0.25, 0.3) is 11.0 Å². The number of hydrogen-bond acceptors (Lipinski definition) is 2. The number of halogens is 1. The summed E-state index contributed by atoms with van der Waals surface area (Å²) in [5, 5.41) is 2.88. The molecule has 1 aromatic heterocycles.